The number of amides is 3. The van der Waals surface area contributed by atoms with E-state index >= 15 is 0 Å². The molecule has 1 atom stereocenters. The Labute approximate surface area is 254 Å². The topological polar surface area (TPSA) is 105 Å². The van der Waals surface area contributed by atoms with E-state index in [1.165, 1.54) is 11.9 Å². The molecule has 0 bridgehead atoms. The highest BCUT2D eigenvalue weighted by atomic mass is 19.3. The van der Waals surface area contributed by atoms with E-state index in [2.05, 4.69) is 20.9 Å². The zero-order chi connectivity index (χ0) is 32.1. The van der Waals surface area contributed by atoms with Gasteiger partial charge in [0.15, 0.2) is 11.6 Å². The van der Waals surface area contributed by atoms with E-state index in [9.17, 15) is 31.5 Å². The van der Waals surface area contributed by atoms with Crippen molar-refractivity contribution in [2.45, 2.75) is 25.7 Å². The molecule has 2 heterocycles. The van der Waals surface area contributed by atoms with Crippen molar-refractivity contribution in [1.29, 1.82) is 0 Å². The van der Waals surface area contributed by atoms with E-state index in [0.717, 1.165) is 35.9 Å². The van der Waals surface area contributed by atoms with Crippen molar-refractivity contribution in [2.75, 3.05) is 37.4 Å². The van der Waals surface area contributed by atoms with Gasteiger partial charge in [-0.2, -0.15) is 0 Å². The molecule has 0 saturated heterocycles. The molecule has 3 aromatic carbocycles. The summed E-state index contributed by atoms with van der Waals surface area (Å²) in [5, 5.41) is 8.56. The van der Waals surface area contributed by atoms with Gasteiger partial charge in [-0.3, -0.25) is 0 Å². The third-order valence-electron chi connectivity index (χ3n) is 7.18. The summed E-state index contributed by atoms with van der Waals surface area (Å²) in [4.78, 5) is 31.0. The summed E-state index contributed by atoms with van der Waals surface area (Å²) >= 11 is 0. The van der Waals surface area contributed by atoms with Crippen LogP contribution in [-0.2, 0) is 22.7 Å². The van der Waals surface area contributed by atoms with Crippen molar-refractivity contribution in [3.8, 4) is 0 Å². The normalized spacial score (nSPS) is 14.2. The fourth-order valence-corrected chi connectivity index (χ4v) is 4.91. The first-order chi connectivity index (χ1) is 21.6. The molecule has 1 aliphatic rings. The molecule has 3 N–H and O–H groups in total. The number of anilines is 2. The first-order valence-electron chi connectivity index (χ1n) is 13.8. The van der Waals surface area contributed by atoms with Gasteiger partial charge in [0, 0.05) is 36.8 Å². The Bertz CT molecular complexity index is 1710. The van der Waals surface area contributed by atoms with Crippen molar-refractivity contribution >= 4 is 34.4 Å². The number of ether oxygens (including phenoxy) is 2. The number of carbonyl (C=O) groups is 2. The molecular weight excluding hydrogens is 601 g/mol. The van der Waals surface area contributed by atoms with E-state index in [0.29, 0.717) is 11.3 Å². The Morgan fingerprint density at radius 1 is 1.00 bits per heavy atom. The van der Waals surface area contributed by atoms with E-state index < -0.39 is 47.6 Å². The molecule has 0 fully saturated rings. The number of urea groups is 1. The lowest BCUT2D eigenvalue weighted by molar-refractivity contribution is 0.0529. The molecule has 45 heavy (non-hydrogen) atoms. The number of alkyl halides is 2. The van der Waals surface area contributed by atoms with Gasteiger partial charge < -0.3 is 30.3 Å². The van der Waals surface area contributed by atoms with Gasteiger partial charge in [0.25, 0.3) is 6.43 Å². The van der Waals surface area contributed by atoms with Crippen molar-refractivity contribution in [3.05, 3.63) is 100 Å². The molecule has 14 heteroatoms. The second kappa shape index (κ2) is 13.8. The first-order valence-corrected chi connectivity index (χ1v) is 13.8. The summed E-state index contributed by atoms with van der Waals surface area (Å²) in [6, 6.07) is 12.4. The first kappa shape index (κ1) is 31.4. The zero-order valence-electron chi connectivity index (χ0n) is 23.9. The smallest absolute Gasteiger partial charge is 0.407 e. The average Bonchev–Trinajstić information content (AvgIpc) is 3.03. The van der Waals surface area contributed by atoms with Crippen molar-refractivity contribution in [2.24, 2.45) is 0 Å². The second-order valence-electron chi connectivity index (χ2n) is 10.2. The number of halogens is 5. The Hall–Kier alpha value is -4.98. The maximum atomic E-state index is 14.6. The lowest BCUT2D eigenvalue weighted by Crippen LogP contribution is -2.39. The van der Waals surface area contributed by atoms with Gasteiger partial charge in [-0.1, -0.05) is 30.3 Å². The van der Waals surface area contributed by atoms with Crippen LogP contribution in [0.3, 0.4) is 0 Å². The molecule has 9 nitrogen and oxygen atoms in total. The van der Waals surface area contributed by atoms with Crippen LogP contribution in [-0.4, -0.2) is 48.8 Å². The van der Waals surface area contributed by atoms with Crippen molar-refractivity contribution < 1.29 is 41.0 Å². The summed E-state index contributed by atoms with van der Waals surface area (Å²) < 4.78 is 79.9. The van der Waals surface area contributed by atoms with E-state index in [1.807, 2.05) is 30.3 Å². The third kappa shape index (κ3) is 7.23. The van der Waals surface area contributed by atoms with E-state index in [1.54, 1.807) is 0 Å². The van der Waals surface area contributed by atoms with Crippen LogP contribution in [0.15, 0.2) is 60.7 Å². The SMILES string of the molecule is CN(C(=O)Nc1ccc(F)c(C(F)F)c1)C1COCc2nc(NCCNC(=O)OCc3ccccc3)c3cc(F)c(F)cc3c21. The molecule has 0 saturated carbocycles. The quantitative estimate of drug-likeness (QED) is 0.141. The predicted molar refractivity (Wildman–Crippen MR) is 155 cm³/mol. The van der Waals surface area contributed by atoms with Crippen LogP contribution in [0.1, 0.15) is 34.9 Å². The number of carbonyl (C=O) groups excluding carboxylic acids is 2. The number of hydrogen-bond donors (Lipinski definition) is 3. The number of likely N-dealkylation sites (N-methyl/N-ethyl adjacent to an activating group) is 1. The Kier molecular flexibility index (Phi) is 9.62. The standard InChI is InChI=1S/C31H28F5N5O4/c1-41(30(42)39-18-7-8-22(32)21(11-18)28(35)36)26-16-44-15-25-27(26)19-12-23(33)24(34)13-20(19)29(40-25)37-9-10-38-31(43)45-14-17-5-3-2-4-6-17/h2-8,11-13,26,28H,9-10,14-16H2,1H3,(H,37,40)(H,38,43)(H,39,42). The lowest BCUT2D eigenvalue weighted by atomic mass is 9.95. The minimum atomic E-state index is -3.09. The number of aromatic nitrogens is 1. The number of nitrogens with zero attached hydrogens (tertiary/aromatic N) is 2. The number of hydrogen-bond acceptors (Lipinski definition) is 6. The van der Waals surface area contributed by atoms with E-state index in [4.69, 9.17) is 9.47 Å². The maximum Gasteiger partial charge on any atom is 0.407 e. The molecule has 0 spiro atoms. The predicted octanol–water partition coefficient (Wildman–Crippen LogP) is 6.66. The molecule has 1 aromatic heterocycles. The molecular formula is C31H28F5N5O4. The highest BCUT2D eigenvalue weighted by molar-refractivity contribution is 5.96. The number of rotatable bonds is 9. The molecule has 1 aliphatic heterocycles. The van der Waals surface area contributed by atoms with Gasteiger partial charge in [0.2, 0.25) is 0 Å². The summed E-state index contributed by atoms with van der Waals surface area (Å²) in [6.45, 7) is 0.350. The zero-order valence-corrected chi connectivity index (χ0v) is 23.9. The summed E-state index contributed by atoms with van der Waals surface area (Å²) in [5.74, 6) is -3.14. The Balaban J connectivity index is 1.32. The minimum Gasteiger partial charge on any atom is -0.445 e. The number of benzene rings is 3. The van der Waals surface area contributed by atoms with Gasteiger partial charge in [0.05, 0.1) is 30.5 Å². The van der Waals surface area contributed by atoms with Crippen LogP contribution in [0.5, 0.6) is 0 Å². The molecule has 4 aromatic rings. The minimum absolute atomic E-state index is 0.00464. The van der Waals surface area contributed by atoms with Gasteiger partial charge in [0.1, 0.15) is 18.2 Å². The third-order valence-corrected chi connectivity index (χ3v) is 7.18. The summed E-state index contributed by atoms with van der Waals surface area (Å²) in [5.41, 5.74) is 0.657. The van der Waals surface area contributed by atoms with Crippen LogP contribution in [0, 0.1) is 17.5 Å². The largest absolute Gasteiger partial charge is 0.445 e. The summed E-state index contributed by atoms with van der Waals surface area (Å²) in [7, 11) is 1.41. The molecule has 0 radical (unpaired) electrons. The molecule has 3 amide bonds. The molecule has 5 rings (SSSR count). The van der Waals surface area contributed by atoms with Crippen molar-refractivity contribution in [3.63, 3.8) is 0 Å². The molecule has 0 aliphatic carbocycles. The second-order valence-corrected chi connectivity index (χ2v) is 10.2. The Morgan fingerprint density at radius 3 is 2.47 bits per heavy atom. The van der Waals surface area contributed by atoms with Crippen LogP contribution in [0.25, 0.3) is 10.8 Å². The van der Waals surface area contributed by atoms with Gasteiger partial charge in [-0.15, -0.1) is 0 Å². The number of nitrogens with one attached hydrogen (secondary N) is 3. The molecule has 1 unspecified atom stereocenters. The highest BCUT2D eigenvalue weighted by Gasteiger charge is 2.32. The van der Waals surface area contributed by atoms with Crippen molar-refractivity contribution in [1.82, 2.24) is 15.2 Å². The number of fused-ring (bicyclic) bond motifs is 3. The Morgan fingerprint density at radius 2 is 1.73 bits per heavy atom. The van der Waals surface area contributed by atoms with Crippen LogP contribution in [0.2, 0.25) is 0 Å². The van der Waals surface area contributed by atoms with Gasteiger partial charge >= 0.3 is 12.1 Å². The fourth-order valence-electron chi connectivity index (χ4n) is 4.91. The van der Waals surface area contributed by atoms with Gasteiger partial charge in [-0.05, 0) is 41.3 Å². The number of pyridine rings is 1. The van der Waals surface area contributed by atoms with E-state index in [-0.39, 0.29) is 55.2 Å². The van der Waals surface area contributed by atoms with Gasteiger partial charge in [-0.25, -0.2) is 36.5 Å². The monoisotopic (exact) mass is 629 g/mol. The highest BCUT2D eigenvalue weighted by Crippen LogP contribution is 2.38. The van der Waals surface area contributed by atoms with Crippen LogP contribution < -0.4 is 16.0 Å². The summed E-state index contributed by atoms with van der Waals surface area (Å²) in [6.07, 6.45) is -3.72. The van der Waals surface area contributed by atoms with Crippen LogP contribution in [0.4, 0.5) is 43.0 Å². The molecule has 236 valence electrons. The number of alkyl carbamates (subject to hydrolysis) is 1. The average molecular weight is 630 g/mol. The van der Waals surface area contributed by atoms with Crippen LogP contribution >= 0.6 is 0 Å². The maximum absolute atomic E-state index is 14.6. The fraction of sp³-hybridized carbons (Fsp3) is 0.258. The lowest BCUT2D eigenvalue weighted by Gasteiger charge is -2.34.